The van der Waals surface area contributed by atoms with Gasteiger partial charge >= 0.3 is 0 Å². The topological polar surface area (TPSA) is 29.5 Å². The zero-order valence-electron chi connectivity index (χ0n) is 13.1. The molecule has 2 bridgehead atoms. The summed E-state index contributed by atoms with van der Waals surface area (Å²) >= 11 is 3.61. The van der Waals surface area contributed by atoms with Crippen molar-refractivity contribution < 1.29 is 9.53 Å². The van der Waals surface area contributed by atoms with Crippen molar-refractivity contribution in [2.24, 2.45) is 11.8 Å². The highest BCUT2D eigenvalue weighted by Gasteiger charge is 2.65. The molecule has 0 aliphatic carbocycles. The SMILES string of the molecule is CC(C)[C@H]1O[C@@]23SCC(c4ccccc4)N2C(=O)[C@@H]1[C@H](C)S3. The van der Waals surface area contributed by atoms with Gasteiger partial charge in [-0.2, -0.15) is 0 Å². The van der Waals surface area contributed by atoms with Crippen molar-refractivity contribution in [1.82, 2.24) is 4.90 Å². The number of hydrogen-bond donors (Lipinski definition) is 0. The average molecular weight is 335 g/mol. The fourth-order valence-electron chi connectivity index (χ4n) is 3.81. The lowest BCUT2D eigenvalue weighted by molar-refractivity contribution is -0.192. The summed E-state index contributed by atoms with van der Waals surface area (Å²) in [5, 5.41) is 0.326. The van der Waals surface area contributed by atoms with E-state index >= 15 is 0 Å². The molecular formula is C17H21NO2S2. The van der Waals surface area contributed by atoms with Crippen LogP contribution in [0.3, 0.4) is 0 Å². The van der Waals surface area contributed by atoms with E-state index in [1.807, 2.05) is 34.9 Å². The number of amides is 1. The zero-order valence-corrected chi connectivity index (χ0v) is 14.7. The Morgan fingerprint density at radius 1 is 1.32 bits per heavy atom. The van der Waals surface area contributed by atoms with Crippen LogP contribution in [0, 0.1) is 11.8 Å². The second-order valence-corrected chi connectivity index (χ2v) is 9.61. The van der Waals surface area contributed by atoms with Crippen molar-refractivity contribution >= 4 is 29.4 Å². The zero-order chi connectivity index (χ0) is 15.5. The molecule has 3 nitrogen and oxygen atoms in total. The third kappa shape index (κ3) is 1.98. The number of thioether (sulfide) groups is 2. The number of nitrogens with zero attached hydrogens (tertiary/aromatic N) is 1. The minimum atomic E-state index is -0.513. The Bertz CT molecular complexity index is 594. The number of benzene rings is 1. The largest absolute Gasteiger partial charge is 0.333 e. The minimum absolute atomic E-state index is 0.0169. The molecule has 5 rings (SSSR count). The molecule has 4 aliphatic heterocycles. The van der Waals surface area contributed by atoms with E-state index < -0.39 is 4.39 Å². The fraction of sp³-hybridized carbons (Fsp3) is 0.588. The molecule has 4 aliphatic rings. The lowest BCUT2D eigenvalue weighted by Gasteiger charge is -2.56. The molecule has 0 saturated carbocycles. The first kappa shape index (κ1) is 14.9. The molecule has 4 fully saturated rings. The van der Waals surface area contributed by atoms with Crippen molar-refractivity contribution in [2.75, 3.05) is 5.75 Å². The Balaban J connectivity index is 1.73. The van der Waals surface area contributed by atoms with Crippen LogP contribution >= 0.6 is 23.5 Å². The normalized spacial score (nSPS) is 40.4. The molecule has 1 aromatic rings. The smallest absolute Gasteiger partial charge is 0.243 e. The highest BCUT2D eigenvalue weighted by Crippen LogP contribution is 2.63. The number of ether oxygens (including phenoxy) is 1. The van der Waals surface area contributed by atoms with Gasteiger partial charge in [0.1, 0.15) is 0 Å². The summed E-state index contributed by atoms with van der Waals surface area (Å²) in [5.41, 5.74) is 1.21. The lowest BCUT2D eigenvalue weighted by atomic mass is 9.87. The Labute approximate surface area is 140 Å². The lowest BCUT2D eigenvalue weighted by Crippen LogP contribution is -2.66. The molecule has 22 heavy (non-hydrogen) atoms. The van der Waals surface area contributed by atoms with Gasteiger partial charge in [-0.05, 0) is 11.5 Å². The van der Waals surface area contributed by atoms with Crippen LogP contribution in [0.1, 0.15) is 32.4 Å². The van der Waals surface area contributed by atoms with Crippen molar-refractivity contribution in [1.29, 1.82) is 0 Å². The molecule has 5 heteroatoms. The van der Waals surface area contributed by atoms with Crippen LogP contribution in [0.25, 0.3) is 0 Å². The van der Waals surface area contributed by atoms with E-state index in [0.29, 0.717) is 11.2 Å². The number of fused-ring (bicyclic) bond motifs is 2. The molecule has 118 valence electrons. The van der Waals surface area contributed by atoms with Gasteiger partial charge in [-0.3, -0.25) is 9.69 Å². The number of carbonyl (C=O) groups is 1. The van der Waals surface area contributed by atoms with Gasteiger partial charge in [0.2, 0.25) is 10.3 Å². The first-order valence-electron chi connectivity index (χ1n) is 7.91. The summed E-state index contributed by atoms with van der Waals surface area (Å²) in [6, 6.07) is 10.5. The predicted octanol–water partition coefficient (Wildman–Crippen LogP) is 3.72. The third-order valence-corrected chi connectivity index (χ3v) is 7.91. The first-order valence-corrected chi connectivity index (χ1v) is 9.78. The number of carbonyl (C=O) groups excluding carboxylic acids is 1. The Morgan fingerprint density at radius 3 is 2.73 bits per heavy atom. The van der Waals surface area contributed by atoms with Gasteiger partial charge in [0.15, 0.2) is 0 Å². The maximum atomic E-state index is 13.2. The predicted molar refractivity (Wildman–Crippen MR) is 91.5 cm³/mol. The maximum absolute atomic E-state index is 13.2. The molecule has 0 radical (unpaired) electrons. The summed E-state index contributed by atoms with van der Waals surface area (Å²) < 4.78 is 5.97. The van der Waals surface area contributed by atoms with E-state index in [1.165, 1.54) is 5.56 Å². The van der Waals surface area contributed by atoms with Gasteiger partial charge in [0, 0.05) is 11.0 Å². The molecule has 4 heterocycles. The van der Waals surface area contributed by atoms with E-state index in [-0.39, 0.29) is 24.0 Å². The molecular weight excluding hydrogens is 314 g/mol. The van der Waals surface area contributed by atoms with Gasteiger partial charge in [0.05, 0.1) is 18.1 Å². The number of rotatable bonds is 2. The van der Waals surface area contributed by atoms with Crippen molar-refractivity contribution in [2.45, 2.75) is 42.6 Å². The van der Waals surface area contributed by atoms with E-state index in [0.717, 1.165) is 5.75 Å². The molecule has 1 amide bonds. The standard InChI is InChI=1S/C17H21NO2S2/c1-10(2)15-14-11(3)22-17(20-15)18(16(14)19)13(9-21-17)12-7-5-4-6-8-12/h4-8,10-11,13-15H,9H2,1-3H3/t11-,13?,14+,15+,17+/m0/s1. The second kappa shape index (κ2) is 5.18. The van der Waals surface area contributed by atoms with Crippen molar-refractivity contribution in [3.63, 3.8) is 0 Å². The summed E-state index contributed by atoms with van der Waals surface area (Å²) in [5.74, 6) is 1.55. The van der Waals surface area contributed by atoms with Crippen LogP contribution in [-0.4, -0.2) is 32.3 Å². The van der Waals surface area contributed by atoms with Gasteiger partial charge < -0.3 is 4.74 Å². The average Bonchev–Trinajstić information content (AvgIpc) is 2.87. The maximum Gasteiger partial charge on any atom is 0.243 e. The Hall–Kier alpha value is -0.650. The minimum Gasteiger partial charge on any atom is -0.333 e. The third-order valence-electron chi connectivity index (χ3n) is 4.87. The van der Waals surface area contributed by atoms with E-state index in [4.69, 9.17) is 4.74 Å². The van der Waals surface area contributed by atoms with Gasteiger partial charge in [-0.1, -0.05) is 74.6 Å². The summed E-state index contributed by atoms with van der Waals surface area (Å²) in [4.78, 5) is 15.2. The van der Waals surface area contributed by atoms with Crippen LogP contribution < -0.4 is 0 Å². The van der Waals surface area contributed by atoms with E-state index in [1.54, 1.807) is 11.8 Å². The van der Waals surface area contributed by atoms with Crippen LogP contribution in [-0.2, 0) is 9.53 Å². The van der Waals surface area contributed by atoms with Gasteiger partial charge in [-0.25, -0.2) is 0 Å². The van der Waals surface area contributed by atoms with E-state index in [9.17, 15) is 4.79 Å². The number of hydrogen-bond acceptors (Lipinski definition) is 4. The molecule has 0 N–H and O–H groups in total. The molecule has 1 aromatic carbocycles. The monoisotopic (exact) mass is 335 g/mol. The molecule has 1 unspecified atom stereocenters. The highest BCUT2D eigenvalue weighted by molar-refractivity contribution is 8.18. The second-order valence-electron chi connectivity index (χ2n) is 6.64. The van der Waals surface area contributed by atoms with Crippen LogP contribution in [0.15, 0.2) is 30.3 Å². The molecule has 1 spiro atoms. The Kier molecular flexibility index (Phi) is 3.51. The fourth-order valence-corrected chi connectivity index (χ4v) is 7.37. The van der Waals surface area contributed by atoms with Crippen LogP contribution in [0.4, 0.5) is 0 Å². The summed E-state index contributed by atoms with van der Waals surface area (Å²) in [7, 11) is 0. The van der Waals surface area contributed by atoms with Gasteiger partial charge in [-0.15, -0.1) is 0 Å². The summed E-state index contributed by atoms with van der Waals surface area (Å²) in [6.07, 6.45) is 0.0435. The molecule has 0 aromatic heterocycles. The molecule has 4 saturated heterocycles. The van der Waals surface area contributed by atoms with E-state index in [2.05, 4.69) is 32.9 Å². The molecule has 5 atom stereocenters. The van der Waals surface area contributed by atoms with Gasteiger partial charge in [0.25, 0.3) is 0 Å². The van der Waals surface area contributed by atoms with Crippen LogP contribution in [0.2, 0.25) is 0 Å². The van der Waals surface area contributed by atoms with Crippen molar-refractivity contribution in [3.05, 3.63) is 35.9 Å². The first-order chi connectivity index (χ1) is 10.5. The highest BCUT2D eigenvalue weighted by atomic mass is 32.2. The van der Waals surface area contributed by atoms with Crippen molar-refractivity contribution in [3.8, 4) is 0 Å². The quantitative estimate of drug-likeness (QED) is 0.824. The van der Waals surface area contributed by atoms with Crippen LogP contribution in [0.5, 0.6) is 0 Å². The Morgan fingerprint density at radius 2 is 2.05 bits per heavy atom. The summed E-state index contributed by atoms with van der Waals surface area (Å²) in [6.45, 7) is 6.50.